The van der Waals surface area contributed by atoms with Gasteiger partial charge in [0.15, 0.2) is 5.89 Å². The molecule has 8 heteroatoms. The number of halogens is 1. The molecule has 3 aliphatic heterocycles. The highest BCUT2D eigenvalue weighted by Gasteiger charge is 2.41. The molecule has 5 heterocycles. The van der Waals surface area contributed by atoms with E-state index in [1.807, 2.05) is 4.90 Å². The predicted molar refractivity (Wildman–Crippen MR) is 117 cm³/mol. The van der Waals surface area contributed by atoms with E-state index < -0.39 is 0 Å². The van der Waals surface area contributed by atoms with Crippen LogP contribution in [0.2, 0.25) is 0 Å². The second-order valence-corrected chi connectivity index (χ2v) is 9.89. The van der Waals surface area contributed by atoms with Crippen LogP contribution >= 0.6 is 23.7 Å². The number of fused-ring (bicyclic) bond motifs is 3. The molecule has 6 rings (SSSR count). The van der Waals surface area contributed by atoms with E-state index in [0.717, 1.165) is 67.6 Å². The highest BCUT2D eigenvalue weighted by atomic mass is 35.5. The van der Waals surface area contributed by atoms with Crippen LogP contribution in [-0.2, 0) is 29.7 Å². The van der Waals surface area contributed by atoms with Gasteiger partial charge in [-0.25, -0.2) is 4.98 Å². The molecule has 1 saturated heterocycles. The maximum Gasteiger partial charge on any atom is 0.264 e. The molecule has 4 aliphatic rings. The summed E-state index contributed by atoms with van der Waals surface area (Å²) < 4.78 is 12.3. The highest BCUT2D eigenvalue weighted by molar-refractivity contribution is 7.14. The van der Waals surface area contributed by atoms with Gasteiger partial charge in [0.25, 0.3) is 5.91 Å². The minimum Gasteiger partial charge on any atom is -0.445 e. The van der Waals surface area contributed by atoms with Crippen molar-refractivity contribution in [2.24, 2.45) is 0 Å². The van der Waals surface area contributed by atoms with E-state index in [9.17, 15) is 4.79 Å². The SMILES string of the molecule is Cl.O=C(c1cc2c(s1)C1(CCNCC1)OCC2)N1CCc2oc(C3CCC3)nc2C1. The summed E-state index contributed by atoms with van der Waals surface area (Å²) in [5.74, 6) is 2.51. The van der Waals surface area contributed by atoms with Crippen molar-refractivity contribution in [3.05, 3.63) is 38.7 Å². The van der Waals surface area contributed by atoms with Gasteiger partial charge in [-0.3, -0.25) is 4.79 Å². The zero-order chi connectivity index (χ0) is 19.4. The van der Waals surface area contributed by atoms with Crippen molar-refractivity contribution in [2.45, 2.75) is 63.0 Å². The van der Waals surface area contributed by atoms with Crippen molar-refractivity contribution in [1.29, 1.82) is 0 Å². The third-order valence-corrected chi connectivity index (χ3v) is 8.43. The molecule has 162 valence electrons. The van der Waals surface area contributed by atoms with Gasteiger partial charge in [0.1, 0.15) is 17.1 Å². The molecule has 1 saturated carbocycles. The molecule has 0 atom stereocenters. The lowest BCUT2D eigenvalue weighted by Gasteiger charge is -2.40. The minimum absolute atomic E-state index is 0. The number of nitrogens with one attached hydrogen (secondary N) is 1. The van der Waals surface area contributed by atoms with Gasteiger partial charge in [-0.2, -0.15) is 0 Å². The van der Waals surface area contributed by atoms with Crippen molar-refractivity contribution in [3.63, 3.8) is 0 Å². The number of oxazole rings is 1. The number of piperidine rings is 1. The van der Waals surface area contributed by atoms with Gasteiger partial charge in [-0.05, 0) is 56.8 Å². The van der Waals surface area contributed by atoms with Gasteiger partial charge in [0, 0.05) is 23.8 Å². The topological polar surface area (TPSA) is 67.6 Å². The van der Waals surface area contributed by atoms with Crippen LogP contribution < -0.4 is 5.32 Å². The van der Waals surface area contributed by atoms with Crippen LogP contribution in [0.5, 0.6) is 0 Å². The summed E-state index contributed by atoms with van der Waals surface area (Å²) in [5, 5.41) is 3.43. The van der Waals surface area contributed by atoms with Gasteiger partial charge < -0.3 is 19.4 Å². The number of carbonyl (C=O) groups excluding carboxylic acids is 1. The molecule has 6 nitrogen and oxygen atoms in total. The number of thiophene rings is 1. The fourth-order valence-electron chi connectivity index (χ4n) is 5.11. The molecule has 2 aromatic rings. The van der Waals surface area contributed by atoms with E-state index in [1.165, 1.54) is 29.7 Å². The third-order valence-electron chi connectivity index (χ3n) is 7.08. The number of rotatable bonds is 2. The number of hydrogen-bond donors (Lipinski definition) is 1. The molecule has 1 amide bonds. The predicted octanol–water partition coefficient (Wildman–Crippen LogP) is 3.78. The molecule has 2 fully saturated rings. The summed E-state index contributed by atoms with van der Waals surface area (Å²) in [7, 11) is 0. The van der Waals surface area contributed by atoms with E-state index in [-0.39, 0.29) is 23.9 Å². The zero-order valence-corrected chi connectivity index (χ0v) is 18.7. The first kappa shape index (κ1) is 20.5. The van der Waals surface area contributed by atoms with Crippen molar-refractivity contribution < 1.29 is 13.9 Å². The van der Waals surface area contributed by atoms with Crippen LogP contribution in [0.4, 0.5) is 0 Å². The number of aromatic nitrogens is 1. The van der Waals surface area contributed by atoms with Crippen molar-refractivity contribution in [2.75, 3.05) is 26.2 Å². The highest BCUT2D eigenvalue weighted by Crippen LogP contribution is 2.45. The summed E-state index contributed by atoms with van der Waals surface area (Å²) in [6, 6.07) is 2.13. The molecule has 1 spiro atoms. The minimum atomic E-state index is -0.180. The van der Waals surface area contributed by atoms with Crippen molar-refractivity contribution >= 4 is 29.7 Å². The second-order valence-electron chi connectivity index (χ2n) is 8.83. The Morgan fingerprint density at radius 1 is 1.27 bits per heavy atom. The zero-order valence-electron chi connectivity index (χ0n) is 17.1. The molecular formula is C22H28ClN3O3S. The van der Waals surface area contributed by atoms with E-state index in [0.29, 0.717) is 19.0 Å². The summed E-state index contributed by atoms with van der Waals surface area (Å²) in [6.07, 6.45) is 7.29. The van der Waals surface area contributed by atoms with Crippen molar-refractivity contribution in [1.82, 2.24) is 15.2 Å². The first-order valence-electron chi connectivity index (χ1n) is 11.0. The maximum atomic E-state index is 13.3. The Morgan fingerprint density at radius 3 is 2.87 bits per heavy atom. The molecule has 0 unspecified atom stereocenters. The fourth-order valence-corrected chi connectivity index (χ4v) is 6.49. The van der Waals surface area contributed by atoms with E-state index in [4.69, 9.17) is 14.1 Å². The fraction of sp³-hybridized carbons (Fsp3) is 0.636. The van der Waals surface area contributed by atoms with Gasteiger partial charge in [0.2, 0.25) is 0 Å². The number of hydrogen-bond acceptors (Lipinski definition) is 6. The van der Waals surface area contributed by atoms with Gasteiger partial charge in [0.05, 0.1) is 18.0 Å². The summed E-state index contributed by atoms with van der Waals surface area (Å²) in [4.78, 5) is 22.2. The standard InChI is InChI=1S/C22H27N3O3S.ClH/c26-21(25-10-4-17-16(13-25)24-20(28-17)14-2-1-3-14)18-12-15-5-11-27-22(19(15)29-18)6-8-23-9-7-22;/h12,14,23H,1-11,13H2;1H. The lowest BCUT2D eigenvalue weighted by Crippen LogP contribution is -2.44. The Labute approximate surface area is 186 Å². The summed E-state index contributed by atoms with van der Waals surface area (Å²) in [6.45, 7) is 3.99. The molecule has 0 radical (unpaired) electrons. The first-order valence-corrected chi connectivity index (χ1v) is 11.8. The Bertz CT molecular complexity index is 946. The third kappa shape index (κ3) is 3.30. The van der Waals surface area contributed by atoms with Crippen LogP contribution in [0.1, 0.15) is 75.5 Å². The number of ether oxygens (including phenoxy) is 1. The lowest BCUT2D eigenvalue weighted by molar-refractivity contribution is -0.0771. The maximum absolute atomic E-state index is 13.3. The van der Waals surface area contributed by atoms with Crippen LogP contribution in [0, 0.1) is 0 Å². The first-order chi connectivity index (χ1) is 14.2. The van der Waals surface area contributed by atoms with Crippen LogP contribution in [0.3, 0.4) is 0 Å². The van der Waals surface area contributed by atoms with Gasteiger partial charge in [-0.1, -0.05) is 6.42 Å². The molecular weight excluding hydrogens is 422 g/mol. The van der Waals surface area contributed by atoms with Gasteiger partial charge in [-0.15, -0.1) is 23.7 Å². The summed E-state index contributed by atoms with van der Waals surface area (Å²) in [5.41, 5.74) is 2.10. The van der Waals surface area contributed by atoms with Gasteiger partial charge >= 0.3 is 0 Å². The largest absolute Gasteiger partial charge is 0.445 e. The average molecular weight is 450 g/mol. The Kier molecular flexibility index (Phi) is 5.42. The second kappa shape index (κ2) is 7.93. The molecule has 1 N–H and O–H groups in total. The normalized spacial score (nSPS) is 22.7. The number of carbonyl (C=O) groups is 1. The molecule has 30 heavy (non-hydrogen) atoms. The monoisotopic (exact) mass is 449 g/mol. The molecule has 2 aromatic heterocycles. The number of nitrogens with zero attached hydrogens (tertiary/aromatic N) is 2. The summed E-state index contributed by atoms with van der Waals surface area (Å²) >= 11 is 1.66. The van der Waals surface area contributed by atoms with Crippen LogP contribution in [0.25, 0.3) is 0 Å². The van der Waals surface area contributed by atoms with Crippen LogP contribution in [0.15, 0.2) is 10.5 Å². The van der Waals surface area contributed by atoms with Crippen LogP contribution in [-0.4, -0.2) is 42.0 Å². The van der Waals surface area contributed by atoms with E-state index >= 15 is 0 Å². The lowest BCUT2D eigenvalue weighted by atomic mass is 9.85. The quantitative estimate of drug-likeness (QED) is 0.755. The molecule has 0 aromatic carbocycles. The Hall–Kier alpha value is -1.41. The number of amides is 1. The molecule has 0 bridgehead atoms. The Morgan fingerprint density at radius 2 is 2.10 bits per heavy atom. The average Bonchev–Trinajstić information content (AvgIpc) is 3.31. The molecule has 1 aliphatic carbocycles. The van der Waals surface area contributed by atoms with E-state index in [2.05, 4.69) is 11.4 Å². The van der Waals surface area contributed by atoms with Crippen molar-refractivity contribution in [3.8, 4) is 0 Å². The Balaban J connectivity index is 0.00000193. The smallest absolute Gasteiger partial charge is 0.264 e. The van der Waals surface area contributed by atoms with E-state index in [1.54, 1.807) is 11.3 Å².